The summed E-state index contributed by atoms with van der Waals surface area (Å²) in [5.41, 5.74) is 1.29. The Kier molecular flexibility index (Phi) is 4.80. The molecule has 10 aromatic rings. The molecule has 0 spiro atoms. The number of nitrogens with zero attached hydrogens (tertiary/aromatic N) is 4. The number of benzene rings is 8. The van der Waals surface area contributed by atoms with Gasteiger partial charge in [0.25, 0.3) is 0 Å². The van der Waals surface area contributed by atoms with Gasteiger partial charge in [0.1, 0.15) is 0 Å². The van der Waals surface area contributed by atoms with Crippen molar-refractivity contribution in [2.24, 2.45) is 0 Å². The van der Waals surface area contributed by atoms with Crippen molar-refractivity contribution < 1.29 is 23.3 Å². The summed E-state index contributed by atoms with van der Waals surface area (Å²) in [4.78, 5) is 14.9. The zero-order valence-electron chi connectivity index (χ0n) is 45.6. The van der Waals surface area contributed by atoms with Gasteiger partial charge < -0.3 is 4.57 Å². The number of aromatic nitrogens is 4. The van der Waals surface area contributed by atoms with Crippen molar-refractivity contribution in [1.82, 2.24) is 19.5 Å². The van der Waals surface area contributed by atoms with Crippen LogP contribution in [0.4, 0.5) is 0 Å². The largest absolute Gasteiger partial charge is 0.308 e. The van der Waals surface area contributed by atoms with Gasteiger partial charge in [-0.15, -0.1) is 0 Å². The predicted octanol–water partition coefficient (Wildman–Crippen LogP) is 13.0. The first-order valence-corrected chi connectivity index (χ1v) is 17.1. The zero-order chi connectivity index (χ0) is 51.3. The van der Waals surface area contributed by atoms with Gasteiger partial charge in [-0.1, -0.05) is 176 Å². The standard InChI is InChI=1S/C51H34N4/c1-5-17-35(18-6-1)39-25-15-26-40(33-39)41-31-32-46(55-45-29-14-13-27-43(45)48-42(28-16-30-47(48)55)36-19-7-2-8-20-36)44(34-41)51-53-49(37-21-9-3-10-22-37)52-50(54-51)38-23-11-4-12-24-38/h1-34H/i1D,2D,5D,6D,7D,8D,13D,14D,16D,17D,18D,19D,20D,27D,28D,29D,30D. The van der Waals surface area contributed by atoms with E-state index >= 15 is 0 Å². The second-order valence-electron chi connectivity index (χ2n) is 12.4. The van der Waals surface area contributed by atoms with Gasteiger partial charge in [0.2, 0.25) is 0 Å². The summed E-state index contributed by atoms with van der Waals surface area (Å²) in [6.45, 7) is 0. The minimum atomic E-state index is -0.752. The molecule has 0 saturated heterocycles. The highest BCUT2D eigenvalue weighted by molar-refractivity contribution is 6.16. The molecule has 0 atom stereocenters. The smallest absolute Gasteiger partial charge is 0.166 e. The van der Waals surface area contributed by atoms with Crippen LogP contribution < -0.4 is 0 Å². The molecule has 0 fully saturated rings. The second-order valence-corrected chi connectivity index (χ2v) is 12.4. The normalized spacial score (nSPS) is 15.6. The molecule has 0 radical (unpaired) electrons. The molecule has 8 aromatic carbocycles. The fourth-order valence-corrected chi connectivity index (χ4v) is 6.64. The van der Waals surface area contributed by atoms with Crippen LogP contribution in [0.1, 0.15) is 23.3 Å². The van der Waals surface area contributed by atoms with Crippen LogP contribution in [-0.2, 0) is 0 Å². The van der Waals surface area contributed by atoms with E-state index in [-0.39, 0.29) is 56.1 Å². The van der Waals surface area contributed by atoms with Crippen LogP contribution >= 0.6 is 0 Å². The number of hydrogen-bond donors (Lipinski definition) is 0. The summed E-state index contributed by atoms with van der Waals surface area (Å²) in [6, 6.07) is 18.9. The molecule has 2 heterocycles. The molecule has 258 valence electrons. The predicted molar refractivity (Wildman–Crippen MR) is 227 cm³/mol. The molecule has 0 aliphatic heterocycles. The molecule has 4 nitrogen and oxygen atoms in total. The number of rotatable bonds is 7. The maximum atomic E-state index is 9.56. The van der Waals surface area contributed by atoms with Crippen molar-refractivity contribution in [2.75, 3.05) is 0 Å². The van der Waals surface area contributed by atoms with Crippen LogP contribution in [0, 0.1) is 0 Å². The summed E-state index contributed by atoms with van der Waals surface area (Å²) in [7, 11) is 0. The minimum Gasteiger partial charge on any atom is -0.308 e. The van der Waals surface area contributed by atoms with Crippen molar-refractivity contribution in [3.8, 4) is 73.2 Å². The zero-order valence-corrected chi connectivity index (χ0v) is 28.6. The lowest BCUT2D eigenvalue weighted by Gasteiger charge is -2.17. The SMILES string of the molecule is [2H]c1c([2H])c([2H])c(-c2cccc(-c3ccc(-n4c5c([2H])c([2H])c([2H])c([2H])c5c5c(-c6c([2H])c([2H])c([2H])c([2H])c6[2H])c([2H])c([2H])c([2H])c54)c(-c4nc(-c5ccccc5)nc(-c5ccccc5)n4)c3)c2)c([2H])c1[2H]. The van der Waals surface area contributed by atoms with Crippen molar-refractivity contribution in [3.05, 3.63) is 206 Å². The highest BCUT2D eigenvalue weighted by Gasteiger charge is 2.21. The monoisotopic (exact) mass is 719 g/mol. The van der Waals surface area contributed by atoms with Gasteiger partial charge in [-0.05, 0) is 63.7 Å². The van der Waals surface area contributed by atoms with Crippen molar-refractivity contribution >= 4 is 21.8 Å². The first kappa shape index (κ1) is 19.1. The van der Waals surface area contributed by atoms with Crippen LogP contribution in [0.3, 0.4) is 0 Å². The Labute approximate surface area is 343 Å². The summed E-state index contributed by atoms with van der Waals surface area (Å²) < 4.78 is 152. The van der Waals surface area contributed by atoms with E-state index in [4.69, 9.17) is 31.4 Å². The van der Waals surface area contributed by atoms with E-state index < -0.39 is 114 Å². The summed E-state index contributed by atoms with van der Waals surface area (Å²) in [5, 5.41) is -0.500. The van der Waals surface area contributed by atoms with Gasteiger partial charge in [-0.2, -0.15) is 0 Å². The molecular weight excluding hydrogens is 669 g/mol. The molecule has 0 aliphatic carbocycles. The van der Waals surface area contributed by atoms with E-state index in [1.165, 1.54) is 4.57 Å². The molecule has 0 N–H and O–H groups in total. The summed E-state index contributed by atoms with van der Waals surface area (Å²) in [6.07, 6.45) is 0. The van der Waals surface area contributed by atoms with E-state index in [0.717, 1.165) is 0 Å². The molecular formula is C51H34N4. The Hall–Kier alpha value is -7.43. The lowest BCUT2D eigenvalue weighted by molar-refractivity contribution is 1.06. The van der Waals surface area contributed by atoms with Crippen LogP contribution in [0.25, 0.3) is 95.0 Å². The quantitative estimate of drug-likeness (QED) is 0.165. The Balaban J connectivity index is 1.38. The van der Waals surface area contributed by atoms with Crippen LogP contribution in [0.2, 0.25) is 0 Å². The highest BCUT2D eigenvalue weighted by Crippen LogP contribution is 2.41. The Morgan fingerprint density at radius 3 is 1.60 bits per heavy atom. The molecule has 0 saturated carbocycles. The fraction of sp³-hybridized carbons (Fsp3) is 0. The molecule has 10 rings (SSSR count). The average molecular weight is 720 g/mol. The summed E-state index contributed by atoms with van der Waals surface area (Å²) in [5.74, 6) is 0.498. The van der Waals surface area contributed by atoms with Crippen molar-refractivity contribution in [1.29, 1.82) is 0 Å². The van der Waals surface area contributed by atoms with Gasteiger partial charge >= 0.3 is 0 Å². The maximum Gasteiger partial charge on any atom is 0.166 e. The Morgan fingerprint density at radius 2 is 0.909 bits per heavy atom. The summed E-state index contributed by atoms with van der Waals surface area (Å²) >= 11 is 0. The average Bonchev–Trinajstić information content (AvgIpc) is 3.76. The first-order valence-electron chi connectivity index (χ1n) is 25.6. The van der Waals surface area contributed by atoms with Crippen LogP contribution in [0.15, 0.2) is 206 Å². The van der Waals surface area contributed by atoms with Gasteiger partial charge in [-0.25, -0.2) is 15.0 Å². The fourth-order valence-electron chi connectivity index (χ4n) is 6.64. The number of hydrogen-bond acceptors (Lipinski definition) is 3. The lowest BCUT2D eigenvalue weighted by Crippen LogP contribution is -2.04. The van der Waals surface area contributed by atoms with Crippen molar-refractivity contribution in [3.63, 3.8) is 0 Å². The van der Waals surface area contributed by atoms with E-state index in [9.17, 15) is 6.85 Å². The van der Waals surface area contributed by atoms with E-state index in [1.54, 1.807) is 66.7 Å². The maximum absolute atomic E-state index is 9.56. The minimum absolute atomic E-state index is 0.0257. The van der Waals surface area contributed by atoms with Crippen LogP contribution in [0.5, 0.6) is 0 Å². The van der Waals surface area contributed by atoms with E-state index in [0.29, 0.717) is 27.8 Å². The molecule has 4 heteroatoms. The Bertz CT molecular complexity index is 3840. The highest BCUT2D eigenvalue weighted by atomic mass is 15.1. The van der Waals surface area contributed by atoms with Gasteiger partial charge in [0.05, 0.1) is 40.0 Å². The number of para-hydroxylation sites is 1. The van der Waals surface area contributed by atoms with Gasteiger partial charge in [0.15, 0.2) is 17.5 Å². The molecule has 55 heavy (non-hydrogen) atoms. The molecule has 2 aromatic heterocycles. The third-order valence-corrected chi connectivity index (χ3v) is 9.13. The Morgan fingerprint density at radius 1 is 0.364 bits per heavy atom. The van der Waals surface area contributed by atoms with Crippen LogP contribution in [-0.4, -0.2) is 19.5 Å². The molecule has 0 unspecified atom stereocenters. The van der Waals surface area contributed by atoms with E-state index in [2.05, 4.69) is 0 Å². The molecule has 0 amide bonds. The molecule has 0 aliphatic rings. The van der Waals surface area contributed by atoms with Crippen molar-refractivity contribution in [2.45, 2.75) is 0 Å². The van der Waals surface area contributed by atoms with Gasteiger partial charge in [-0.3, -0.25) is 0 Å². The number of fused-ring (bicyclic) bond motifs is 3. The lowest BCUT2D eigenvalue weighted by atomic mass is 9.97. The second kappa shape index (κ2) is 13.8. The third-order valence-electron chi connectivity index (χ3n) is 9.13. The molecule has 0 bridgehead atoms. The first-order chi connectivity index (χ1) is 34.3. The third kappa shape index (κ3) is 5.96. The van der Waals surface area contributed by atoms with E-state index in [1.807, 2.05) is 36.4 Å². The topological polar surface area (TPSA) is 43.6 Å². The van der Waals surface area contributed by atoms with Gasteiger partial charge in [0, 0.05) is 27.5 Å².